The van der Waals surface area contributed by atoms with Gasteiger partial charge in [-0.25, -0.2) is 0 Å². The average Bonchev–Trinajstić information content (AvgIpc) is 2.85. The second-order valence-corrected chi connectivity index (χ2v) is 4.54. The number of pyridine rings is 1. The molecule has 1 atom stereocenters. The number of ether oxygens (including phenoxy) is 1. The monoisotopic (exact) mass is 252 g/mol. The van der Waals surface area contributed by atoms with E-state index in [0.717, 1.165) is 11.3 Å². The summed E-state index contributed by atoms with van der Waals surface area (Å²) < 4.78 is 7.18. The molecule has 1 aliphatic rings. The zero-order valence-electron chi connectivity index (χ0n) is 10.2. The fraction of sp³-hybridized carbons (Fsp3) is 0.200. The van der Waals surface area contributed by atoms with E-state index in [0.29, 0.717) is 13.2 Å². The Morgan fingerprint density at radius 2 is 2.16 bits per heavy atom. The van der Waals surface area contributed by atoms with Gasteiger partial charge in [-0.1, -0.05) is 18.2 Å². The first-order chi connectivity index (χ1) is 9.29. The number of fused-ring (bicyclic) bond motifs is 1. The van der Waals surface area contributed by atoms with Crippen LogP contribution >= 0.6 is 0 Å². The molecule has 0 spiro atoms. The van der Waals surface area contributed by atoms with Crippen LogP contribution in [-0.4, -0.2) is 11.2 Å². The van der Waals surface area contributed by atoms with E-state index in [4.69, 9.17) is 10.00 Å². The molecule has 1 aromatic carbocycles. The van der Waals surface area contributed by atoms with Crippen molar-refractivity contribution in [1.82, 2.24) is 4.57 Å². The van der Waals surface area contributed by atoms with Crippen molar-refractivity contribution in [1.29, 1.82) is 5.26 Å². The topological polar surface area (TPSA) is 55.0 Å². The van der Waals surface area contributed by atoms with Crippen LogP contribution in [0, 0.1) is 11.3 Å². The van der Waals surface area contributed by atoms with Crippen molar-refractivity contribution in [3.05, 3.63) is 64.1 Å². The van der Waals surface area contributed by atoms with Crippen LogP contribution < -0.4 is 10.3 Å². The van der Waals surface area contributed by atoms with Crippen LogP contribution in [0.15, 0.2) is 47.4 Å². The zero-order chi connectivity index (χ0) is 13.2. The van der Waals surface area contributed by atoms with Gasteiger partial charge in [0.1, 0.15) is 17.4 Å². The summed E-state index contributed by atoms with van der Waals surface area (Å²) in [4.78, 5) is 12.0. The van der Waals surface area contributed by atoms with Crippen molar-refractivity contribution in [2.45, 2.75) is 12.5 Å². The summed E-state index contributed by atoms with van der Waals surface area (Å²) in [7, 11) is 0. The number of hydrogen-bond acceptors (Lipinski definition) is 3. The molecule has 2 aromatic rings. The molecule has 0 bridgehead atoms. The van der Waals surface area contributed by atoms with Gasteiger partial charge in [-0.15, -0.1) is 0 Å². The predicted molar refractivity (Wildman–Crippen MR) is 70.1 cm³/mol. The fourth-order valence-corrected chi connectivity index (χ4v) is 2.38. The van der Waals surface area contributed by atoms with Crippen LogP contribution in [0.25, 0.3) is 0 Å². The third-order valence-electron chi connectivity index (χ3n) is 3.36. The Hall–Kier alpha value is -2.54. The van der Waals surface area contributed by atoms with E-state index in [1.165, 1.54) is 6.07 Å². The van der Waals surface area contributed by atoms with E-state index in [1.54, 1.807) is 16.8 Å². The van der Waals surface area contributed by atoms with Gasteiger partial charge in [0.25, 0.3) is 5.56 Å². The Morgan fingerprint density at radius 3 is 3.00 bits per heavy atom. The molecular formula is C15H12N2O2. The molecule has 0 amide bonds. The minimum atomic E-state index is -0.241. The summed E-state index contributed by atoms with van der Waals surface area (Å²) in [6.07, 6.45) is 1.71. The van der Waals surface area contributed by atoms with E-state index >= 15 is 0 Å². The molecule has 19 heavy (non-hydrogen) atoms. The molecule has 0 N–H and O–H groups in total. The number of benzene rings is 1. The van der Waals surface area contributed by atoms with Crippen LogP contribution in [0.4, 0.5) is 0 Å². The lowest BCUT2D eigenvalue weighted by Crippen LogP contribution is -2.25. The number of nitrogens with zero attached hydrogens (tertiary/aromatic N) is 2. The maximum Gasteiger partial charge on any atom is 0.268 e. The Kier molecular flexibility index (Phi) is 2.81. The van der Waals surface area contributed by atoms with Gasteiger partial charge < -0.3 is 9.30 Å². The van der Waals surface area contributed by atoms with Gasteiger partial charge in [0, 0.05) is 24.2 Å². The van der Waals surface area contributed by atoms with Crippen molar-refractivity contribution >= 4 is 0 Å². The Labute approximate surface area is 110 Å². The van der Waals surface area contributed by atoms with Gasteiger partial charge in [-0.2, -0.15) is 5.26 Å². The molecule has 4 heteroatoms. The Morgan fingerprint density at radius 1 is 1.32 bits per heavy atom. The molecule has 0 saturated carbocycles. The van der Waals surface area contributed by atoms with E-state index in [-0.39, 0.29) is 17.0 Å². The molecule has 1 unspecified atom stereocenters. The van der Waals surface area contributed by atoms with Gasteiger partial charge in [0.05, 0.1) is 6.61 Å². The van der Waals surface area contributed by atoms with Crippen LogP contribution in [0.5, 0.6) is 5.75 Å². The minimum absolute atomic E-state index is 0.155. The van der Waals surface area contributed by atoms with Gasteiger partial charge in [0.2, 0.25) is 0 Å². The van der Waals surface area contributed by atoms with Crippen LogP contribution in [0.1, 0.15) is 17.0 Å². The van der Waals surface area contributed by atoms with Crippen LogP contribution in [-0.2, 0) is 6.54 Å². The van der Waals surface area contributed by atoms with Crippen LogP contribution in [0.3, 0.4) is 0 Å². The standard InChI is InChI=1S/C15H12N2O2/c16-8-11-4-3-7-17(15(11)18)9-12-10-19-14-6-2-1-5-13(12)14/h1-7,12H,9-10H2. The number of aromatic nitrogens is 1. The highest BCUT2D eigenvalue weighted by molar-refractivity contribution is 5.39. The molecule has 1 aliphatic heterocycles. The Bertz CT molecular complexity index is 713. The van der Waals surface area contributed by atoms with Crippen molar-refractivity contribution in [3.8, 4) is 11.8 Å². The van der Waals surface area contributed by atoms with Crippen molar-refractivity contribution in [2.75, 3.05) is 6.61 Å². The van der Waals surface area contributed by atoms with E-state index < -0.39 is 0 Å². The molecule has 0 fully saturated rings. The lowest BCUT2D eigenvalue weighted by molar-refractivity contribution is 0.318. The first-order valence-corrected chi connectivity index (χ1v) is 6.11. The summed E-state index contributed by atoms with van der Waals surface area (Å²) in [5, 5.41) is 8.87. The molecule has 4 nitrogen and oxygen atoms in total. The van der Waals surface area contributed by atoms with Gasteiger partial charge in [0.15, 0.2) is 0 Å². The maximum absolute atomic E-state index is 12.0. The quantitative estimate of drug-likeness (QED) is 0.820. The van der Waals surface area contributed by atoms with Gasteiger partial charge >= 0.3 is 0 Å². The van der Waals surface area contributed by atoms with Crippen LogP contribution in [0.2, 0.25) is 0 Å². The zero-order valence-corrected chi connectivity index (χ0v) is 10.2. The highest BCUT2D eigenvalue weighted by Crippen LogP contribution is 2.34. The van der Waals surface area contributed by atoms with Crippen molar-refractivity contribution in [2.24, 2.45) is 0 Å². The number of rotatable bonds is 2. The average molecular weight is 252 g/mol. The molecule has 94 valence electrons. The molecule has 0 saturated heterocycles. The maximum atomic E-state index is 12.0. The highest BCUT2D eigenvalue weighted by atomic mass is 16.5. The van der Waals surface area contributed by atoms with Gasteiger partial charge in [-0.3, -0.25) is 4.79 Å². The first kappa shape index (κ1) is 11.5. The van der Waals surface area contributed by atoms with Crippen molar-refractivity contribution in [3.63, 3.8) is 0 Å². The number of para-hydroxylation sites is 1. The van der Waals surface area contributed by atoms with Crippen molar-refractivity contribution < 1.29 is 4.74 Å². The van der Waals surface area contributed by atoms with E-state index in [1.807, 2.05) is 30.3 Å². The smallest absolute Gasteiger partial charge is 0.268 e. The normalized spacial score (nSPS) is 16.5. The van der Waals surface area contributed by atoms with E-state index in [9.17, 15) is 4.79 Å². The second-order valence-electron chi connectivity index (χ2n) is 4.54. The molecule has 2 heterocycles. The number of nitriles is 1. The summed E-state index contributed by atoms with van der Waals surface area (Å²) in [6.45, 7) is 1.11. The third-order valence-corrected chi connectivity index (χ3v) is 3.36. The third kappa shape index (κ3) is 2.00. The Balaban J connectivity index is 1.92. The number of hydrogen-bond donors (Lipinski definition) is 0. The SMILES string of the molecule is N#Cc1cccn(CC2COc3ccccc32)c1=O. The highest BCUT2D eigenvalue weighted by Gasteiger charge is 2.24. The molecular weight excluding hydrogens is 240 g/mol. The lowest BCUT2D eigenvalue weighted by Gasteiger charge is -2.11. The summed E-state index contributed by atoms with van der Waals surface area (Å²) in [5.41, 5.74) is 1.06. The lowest BCUT2D eigenvalue weighted by atomic mass is 10.0. The fourth-order valence-electron chi connectivity index (χ4n) is 2.38. The largest absolute Gasteiger partial charge is 0.493 e. The summed E-state index contributed by atoms with van der Waals surface area (Å²) in [6, 6.07) is 13.0. The molecule has 0 radical (unpaired) electrons. The first-order valence-electron chi connectivity index (χ1n) is 6.11. The molecule has 3 rings (SSSR count). The summed E-state index contributed by atoms with van der Waals surface area (Å²) in [5.74, 6) is 1.04. The molecule has 1 aromatic heterocycles. The van der Waals surface area contributed by atoms with Gasteiger partial charge in [-0.05, 0) is 18.2 Å². The minimum Gasteiger partial charge on any atom is -0.493 e. The second kappa shape index (κ2) is 4.62. The summed E-state index contributed by atoms with van der Waals surface area (Å²) >= 11 is 0. The predicted octanol–water partition coefficient (Wildman–Crippen LogP) is 1.90. The van der Waals surface area contributed by atoms with E-state index in [2.05, 4.69) is 0 Å². The molecule has 0 aliphatic carbocycles.